The minimum absolute atomic E-state index is 0.247. The van der Waals surface area contributed by atoms with Crippen LogP contribution in [0.5, 0.6) is 0 Å². The van der Waals surface area contributed by atoms with Crippen LogP contribution in [0.25, 0.3) is 11.5 Å². The number of aryl methyl sites for hydroxylation is 2. The Morgan fingerprint density at radius 2 is 2.12 bits per heavy atom. The van der Waals surface area contributed by atoms with E-state index >= 15 is 0 Å². The van der Waals surface area contributed by atoms with E-state index in [9.17, 15) is 4.79 Å². The van der Waals surface area contributed by atoms with Gasteiger partial charge in [0, 0.05) is 12.6 Å². The maximum Gasteiger partial charge on any atom is 0.343 e. The van der Waals surface area contributed by atoms with Gasteiger partial charge in [0.1, 0.15) is 10.6 Å². The average molecular weight is 358 g/mol. The molecule has 0 fully saturated rings. The second-order valence-corrected chi connectivity index (χ2v) is 6.36. The molecular formula is C17H18N4O3S. The van der Waals surface area contributed by atoms with Gasteiger partial charge in [0.15, 0.2) is 6.10 Å². The Labute approximate surface area is 149 Å². The minimum atomic E-state index is -0.664. The number of rotatable bonds is 5. The van der Waals surface area contributed by atoms with Crippen LogP contribution in [-0.4, -0.2) is 27.6 Å². The summed E-state index contributed by atoms with van der Waals surface area (Å²) in [5.41, 5.74) is 2.97. The summed E-state index contributed by atoms with van der Waals surface area (Å²) in [5, 5.41) is 11.7. The van der Waals surface area contributed by atoms with E-state index in [1.54, 1.807) is 20.9 Å². The first-order valence-electron chi connectivity index (χ1n) is 7.75. The normalized spacial score (nSPS) is 12.0. The number of hydrogen-bond donors (Lipinski definition) is 1. The smallest absolute Gasteiger partial charge is 0.343 e. The molecule has 2 aromatic heterocycles. The van der Waals surface area contributed by atoms with Crippen LogP contribution in [-0.2, 0) is 4.74 Å². The molecule has 2 heterocycles. The molecule has 0 aliphatic carbocycles. The van der Waals surface area contributed by atoms with Gasteiger partial charge in [-0.15, -0.1) is 10.2 Å². The fraction of sp³-hybridized carbons (Fsp3) is 0.294. The summed E-state index contributed by atoms with van der Waals surface area (Å²) in [4.78, 5) is 12.4. The van der Waals surface area contributed by atoms with E-state index < -0.39 is 12.1 Å². The van der Waals surface area contributed by atoms with Crippen molar-refractivity contribution in [2.75, 3.05) is 12.4 Å². The summed E-state index contributed by atoms with van der Waals surface area (Å²) in [6.07, 6.45) is -0.664. The van der Waals surface area contributed by atoms with Gasteiger partial charge < -0.3 is 14.5 Å². The molecule has 1 atom stereocenters. The number of carbonyl (C=O) groups excluding carboxylic acids is 1. The van der Waals surface area contributed by atoms with Gasteiger partial charge in [-0.2, -0.15) is 4.37 Å². The van der Waals surface area contributed by atoms with Gasteiger partial charge in [0.2, 0.25) is 5.89 Å². The van der Waals surface area contributed by atoms with Crippen molar-refractivity contribution >= 4 is 22.5 Å². The number of benzene rings is 1. The van der Waals surface area contributed by atoms with E-state index in [2.05, 4.69) is 19.9 Å². The van der Waals surface area contributed by atoms with E-state index in [4.69, 9.17) is 9.15 Å². The van der Waals surface area contributed by atoms with Crippen molar-refractivity contribution in [1.29, 1.82) is 0 Å². The van der Waals surface area contributed by atoms with Crippen molar-refractivity contribution in [2.45, 2.75) is 26.9 Å². The predicted molar refractivity (Wildman–Crippen MR) is 94.7 cm³/mol. The molecule has 1 aromatic carbocycles. The van der Waals surface area contributed by atoms with Gasteiger partial charge in [-0.05, 0) is 44.4 Å². The predicted octanol–water partition coefficient (Wildman–Crippen LogP) is 3.77. The van der Waals surface area contributed by atoms with Crippen molar-refractivity contribution in [1.82, 2.24) is 14.6 Å². The van der Waals surface area contributed by atoms with Crippen molar-refractivity contribution in [3.05, 3.63) is 47.0 Å². The molecule has 0 spiro atoms. The van der Waals surface area contributed by atoms with Crippen LogP contribution in [0.15, 0.2) is 28.7 Å². The first-order valence-corrected chi connectivity index (χ1v) is 8.52. The third-order valence-corrected chi connectivity index (χ3v) is 4.59. The molecular weight excluding hydrogens is 340 g/mol. The molecule has 3 aromatic rings. The Kier molecular flexibility index (Phi) is 4.80. The maximum absolute atomic E-state index is 12.4. The van der Waals surface area contributed by atoms with Gasteiger partial charge in [0.25, 0.3) is 5.89 Å². The zero-order chi connectivity index (χ0) is 18.0. The summed E-state index contributed by atoms with van der Waals surface area (Å²) in [5.74, 6) is 0.168. The quantitative estimate of drug-likeness (QED) is 0.694. The Morgan fingerprint density at radius 3 is 2.84 bits per heavy atom. The molecule has 0 amide bonds. The molecule has 0 unspecified atom stereocenters. The lowest BCUT2D eigenvalue weighted by Gasteiger charge is -2.10. The molecule has 1 N–H and O–H groups in total. The molecule has 25 heavy (non-hydrogen) atoms. The zero-order valence-electron chi connectivity index (χ0n) is 14.4. The number of carbonyl (C=O) groups is 1. The lowest BCUT2D eigenvalue weighted by atomic mass is 10.1. The second-order valence-electron chi connectivity index (χ2n) is 5.58. The largest absolute Gasteiger partial charge is 0.449 e. The fourth-order valence-electron chi connectivity index (χ4n) is 2.34. The van der Waals surface area contributed by atoms with E-state index in [0.717, 1.165) is 11.1 Å². The SMILES string of the molecule is CNc1snc(C)c1C(=O)O[C@H](C)c1nnc(-c2cccc(C)c2)o1. The Hall–Kier alpha value is -2.74. The number of esters is 1. The molecule has 0 bridgehead atoms. The van der Waals surface area contributed by atoms with Crippen LogP contribution in [0.3, 0.4) is 0 Å². The first-order chi connectivity index (χ1) is 12.0. The highest BCUT2D eigenvalue weighted by atomic mass is 32.1. The summed E-state index contributed by atoms with van der Waals surface area (Å²) < 4.78 is 15.3. The van der Waals surface area contributed by atoms with E-state index in [-0.39, 0.29) is 5.89 Å². The van der Waals surface area contributed by atoms with Crippen molar-refractivity contribution in [3.8, 4) is 11.5 Å². The third kappa shape index (κ3) is 3.53. The number of anilines is 1. The van der Waals surface area contributed by atoms with Crippen LogP contribution in [0.2, 0.25) is 0 Å². The van der Waals surface area contributed by atoms with E-state index in [0.29, 0.717) is 22.1 Å². The molecule has 0 aliphatic rings. The Bertz CT molecular complexity index is 903. The lowest BCUT2D eigenvalue weighted by molar-refractivity contribution is 0.0280. The summed E-state index contributed by atoms with van der Waals surface area (Å²) >= 11 is 1.22. The molecule has 130 valence electrons. The van der Waals surface area contributed by atoms with Crippen molar-refractivity contribution < 1.29 is 13.9 Å². The molecule has 8 heteroatoms. The van der Waals surface area contributed by atoms with Crippen molar-refractivity contribution in [3.63, 3.8) is 0 Å². The summed E-state index contributed by atoms with van der Waals surface area (Å²) in [7, 11) is 1.74. The highest BCUT2D eigenvalue weighted by Crippen LogP contribution is 2.28. The number of aromatic nitrogens is 3. The van der Waals surface area contributed by atoms with Crippen LogP contribution in [0, 0.1) is 13.8 Å². The number of hydrogen-bond acceptors (Lipinski definition) is 8. The molecule has 0 saturated heterocycles. The van der Waals surface area contributed by atoms with Gasteiger partial charge in [0.05, 0.1) is 5.69 Å². The standard InChI is InChI=1S/C17H18N4O3S/c1-9-6-5-7-12(8-9)15-20-19-14(24-15)11(3)23-17(22)13-10(2)21-25-16(13)18-4/h5-8,11,18H,1-4H3/t11-/m1/s1. The topological polar surface area (TPSA) is 90.1 Å². The molecule has 0 saturated carbocycles. The molecule has 3 rings (SSSR count). The zero-order valence-corrected chi connectivity index (χ0v) is 15.2. The van der Waals surface area contributed by atoms with Crippen LogP contribution >= 0.6 is 11.5 Å². The lowest BCUT2D eigenvalue weighted by Crippen LogP contribution is -2.11. The highest BCUT2D eigenvalue weighted by Gasteiger charge is 2.24. The fourth-order valence-corrected chi connectivity index (χ4v) is 3.08. The summed E-state index contributed by atoms with van der Waals surface area (Å²) in [6.45, 7) is 5.45. The number of nitrogens with one attached hydrogen (secondary N) is 1. The summed E-state index contributed by atoms with van der Waals surface area (Å²) in [6, 6.07) is 7.75. The van der Waals surface area contributed by atoms with Crippen molar-refractivity contribution in [2.24, 2.45) is 0 Å². The van der Waals surface area contributed by atoms with Crippen LogP contribution in [0.4, 0.5) is 5.00 Å². The van der Waals surface area contributed by atoms with Gasteiger partial charge >= 0.3 is 5.97 Å². The second kappa shape index (κ2) is 7.02. The van der Waals surface area contributed by atoms with E-state index in [1.807, 2.05) is 31.2 Å². The Morgan fingerprint density at radius 1 is 1.32 bits per heavy atom. The molecule has 0 aliphatic heterocycles. The van der Waals surface area contributed by atoms with Crippen LogP contribution < -0.4 is 5.32 Å². The number of nitrogens with zero attached hydrogens (tertiary/aromatic N) is 3. The van der Waals surface area contributed by atoms with Gasteiger partial charge in [-0.3, -0.25) is 0 Å². The van der Waals surface area contributed by atoms with Gasteiger partial charge in [-0.25, -0.2) is 4.79 Å². The first kappa shape index (κ1) is 17.1. The average Bonchev–Trinajstić information content (AvgIpc) is 3.21. The third-order valence-electron chi connectivity index (χ3n) is 3.63. The van der Waals surface area contributed by atoms with Gasteiger partial charge in [-0.1, -0.05) is 17.7 Å². The maximum atomic E-state index is 12.4. The van der Waals surface area contributed by atoms with E-state index in [1.165, 1.54) is 11.5 Å². The monoisotopic (exact) mass is 358 g/mol. The minimum Gasteiger partial charge on any atom is -0.449 e. The molecule has 0 radical (unpaired) electrons. The molecule has 7 nitrogen and oxygen atoms in total. The number of ether oxygens (including phenoxy) is 1. The van der Waals surface area contributed by atoms with Crippen LogP contribution in [0.1, 0.15) is 40.5 Å². The Balaban J connectivity index is 1.77. The highest BCUT2D eigenvalue weighted by molar-refractivity contribution is 7.10.